The van der Waals surface area contributed by atoms with Gasteiger partial charge in [0, 0.05) is 19.6 Å². The minimum absolute atomic E-state index is 0.214. The van der Waals surface area contributed by atoms with Crippen LogP contribution in [0.3, 0.4) is 0 Å². The lowest BCUT2D eigenvalue weighted by atomic mass is 10.1. The smallest absolute Gasteiger partial charge is 0.219 e. The number of amides is 1. The van der Waals surface area contributed by atoms with Crippen LogP contribution in [-0.2, 0) is 4.79 Å². The molecule has 1 amide bonds. The molecule has 0 aliphatic carbocycles. The zero-order chi connectivity index (χ0) is 13.5. The van der Waals surface area contributed by atoms with Gasteiger partial charge in [0.05, 0.1) is 0 Å². The Balaban J connectivity index is 3.10. The molecule has 3 heteroatoms. The number of aliphatic hydroxyl groups is 1. The van der Waals surface area contributed by atoms with E-state index in [1.807, 2.05) is 0 Å². The van der Waals surface area contributed by atoms with Crippen molar-refractivity contribution in [2.75, 3.05) is 13.2 Å². The Hall–Kier alpha value is -0.570. The molecule has 18 heavy (non-hydrogen) atoms. The molecule has 0 saturated heterocycles. The van der Waals surface area contributed by atoms with Crippen LogP contribution in [0.1, 0.15) is 77.6 Å². The number of rotatable bonds is 13. The maximum atomic E-state index is 11.4. The van der Waals surface area contributed by atoms with Crippen molar-refractivity contribution in [3.8, 4) is 0 Å². The summed E-state index contributed by atoms with van der Waals surface area (Å²) in [6.07, 6.45) is 12.1. The SMILES string of the molecule is CCCCCNC(=O)CCCCCCCCCO. The van der Waals surface area contributed by atoms with Crippen LogP contribution in [0.2, 0.25) is 0 Å². The van der Waals surface area contributed by atoms with Crippen LogP contribution in [0, 0.1) is 0 Å². The Morgan fingerprint density at radius 3 is 2.11 bits per heavy atom. The molecule has 0 spiro atoms. The number of hydrogen-bond donors (Lipinski definition) is 2. The first-order valence-electron chi connectivity index (χ1n) is 7.68. The Labute approximate surface area is 112 Å². The van der Waals surface area contributed by atoms with E-state index in [0.29, 0.717) is 13.0 Å². The minimum atomic E-state index is 0.214. The highest BCUT2D eigenvalue weighted by Gasteiger charge is 1.99. The molecule has 0 atom stereocenters. The van der Waals surface area contributed by atoms with Gasteiger partial charge in [-0.1, -0.05) is 51.9 Å². The van der Waals surface area contributed by atoms with Crippen LogP contribution < -0.4 is 5.32 Å². The maximum absolute atomic E-state index is 11.4. The van der Waals surface area contributed by atoms with Crippen LogP contribution >= 0.6 is 0 Å². The van der Waals surface area contributed by atoms with Crippen molar-refractivity contribution in [2.24, 2.45) is 0 Å². The second kappa shape index (κ2) is 14.5. The van der Waals surface area contributed by atoms with Gasteiger partial charge in [0.15, 0.2) is 0 Å². The molecule has 0 heterocycles. The van der Waals surface area contributed by atoms with Crippen LogP contribution in [-0.4, -0.2) is 24.2 Å². The molecule has 0 saturated carbocycles. The zero-order valence-corrected chi connectivity index (χ0v) is 12.0. The predicted octanol–water partition coefficient (Wildman–Crippen LogP) is 3.41. The third-order valence-corrected chi connectivity index (χ3v) is 3.16. The summed E-state index contributed by atoms with van der Waals surface area (Å²) in [7, 11) is 0. The number of carbonyl (C=O) groups excluding carboxylic acids is 1. The third kappa shape index (κ3) is 13.5. The second-order valence-corrected chi connectivity index (χ2v) is 5.01. The molecule has 2 N–H and O–H groups in total. The first-order chi connectivity index (χ1) is 8.81. The van der Waals surface area contributed by atoms with Gasteiger partial charge >= 0.3 is 0 Å². The van der Waals surface area contributed by atoms with E-state index in [1.165, 1.54) is 32.1 Å². The lowest BCUT2D eigenvalue weighted by Crippen LogP contribution is -2.23. The number of unbranched alkanes of at least 4 members (excludes halogenated alkanes) is 8. The average molecular weight is 257 g/mol. The molecule has 0 aliphatic rings. The van der Waals surface area contributed by atoms with Gasteiger partial charge in [-0.3, -0.25) is 4.79 Å². The highest BCUT2D eigenvalue weighted by Crippen LogP contribution is 2.08. The fraction of sp³-hybridized carbons (Fsp3) is 0.933. The molecular formula is C15H31NO2. The van der Waals surface area contributed by atoms with E-state index in [9.17, 15) is 4.79 Å². The summed E-state index contributed by atoms with van der Waals surface area (Å²) in [5.74, 6) is 0.214. The summed E-state index contributed by atoms with van der Waals surface area (Å²) < 4.78 is 0. The molecule has 0 radical (unpaired) electrons. The van der Waals surface area contributed by atoms with Gasteiger partial charge in [0.1, 0.15) is 0 Å². The van der Waals surface area contributed by atoms with Gasteiger partial charge in [-0.2, -0.15) is 0 Å². The van der Waals surface area contributed by atoms with Crippen LogP contribution in [0.4, 0.5) is 0 Å². The van der Waals surface area contributed by atoms with Gasteiger partial charge in [-0.05, 0) is 19.3 Å². The molecule has 0 rings (SSSR count). The molecule has 0 aromatic carbocycles. The van der Waals surface area contributed by atoms with E-state index in [1.54, 1.807) is 0 Å². The highest BCUT2D eigenvalue weighted by atomic mass is 16.2. The number of nitrogens with one attached hydrogen (secondary N) is 1. The molecule has 0 fully saturated rings. The molecule has 0 aromatic heterocycles. The fourth-order valence-corrected chi connectivity index (χ4v) is 1.97. The number of hydrogen-bond acceptors (Lipinski definition) is 2. The lowest BCUT2D eigenvalue weighted by molar-refractivity contribution is -0.121. The van der Waals surface area contributed by atoms with Crippen molar-refractivity contribution in [2.45, 2.75) is 77.6 Å². The van der Waals surface area contributed by atoms with E-state index in [4.69, 9.17) is 5.11 Å². The van der Waals surface area contributed by atoms with E-state index in [0.717, 1.165) is 38.6 Å². The summed E-state index contributed by atoms with van der Waals surface area (Å²) in [6, 6.07) is 0. The highest BCUT2D eigenvalue weighted by molar-refractivity contribution is 5.75. The van der Waals surface area contributed by atoms with Crippen molar-refractivity contribution in [3.63, 3.8) is 0 Å². The standard InChI is InChI=1S/C15H31NO2/c1-2-3-10-13-16-15(18)12-9-7-5-4-6-8-11-14-17/h17H,2-14H2,1H3,(H,16,18). The first kappa shape index (κ1) is 17.4. The molecule has 0 aromatic rings. The largest absolute Gasteiger partial charge is 0.396 e. The van der Waals surface area contributed by atoms with E-state index in [2.05, 4.69) is 12.2 Å². The van der Waals surface area contributed by atoms with E-state index < -0.39 is 0 Å². The van der Waals surface area contributed by atoms with Crippen LogP contribution in [0.25, 0.3) is 0 Å². The van der Waals surface area contributed by atoms with E-state index >= 15 is 0 Å². The normalized spacial score (nSPS) is 10.6. The second-order valence-electron chi connectivity index (χ2n) is 5.01. The van der Waals surface area contributed by atoms with Gasteiger partial charge in [-0.15, -0.1) is 0 Å². The Morgan fingerprint density at radius 1 is 0.889 bits per heavy atom. The van der Waals surface area contributed by atoms with Crippen LogP contribution in [0.5, 0.6) is 0 Å². The minimum Gasteiger partial charge on any atom is -0.396 e. The van der Waals surface area contributed by atoms with Crippen molar-refractivity contribution in [1.29, 1.82) is 0 Å². The quantitative estimate of drug-likeness (QED) is 0.497. The lowest BCUT2D eigenvalue weighted by Gasteiger charge is -2.04. The Bertz CT molecular complexity index is 183. The van der Waals surface area contributed by atoms with Gasteiger partial charge in [0.2, 0.25) is 5.91 Å². The van der Waals surface area contributed by atoms with Crippen molar-refractivity contribution >= 4 is 5.91 Å². The van der Waals surface area contributed by atoms with Crippen molar-refractivity contribution in [3.05, 3.63) is 0 Å². The molecular weight excluding hydrogens is 226 g/mol. The van der Waals surface area contributed by atoms with Crippen molar-refractivity contribution in [1.82, 2.24) is 5.32 Å². The van der Waals surface area contributed by atoms with Crippen LogP contribution in [0.15, 0.2) is 0 Å². The topological polar surface area (TPSA) is 49.3 Å². The van der Waals surface area contributed by atoms with Gasteiger partial charge in [-0.25, -0.2) is 0 Å². The van der Waals surface area contributed by atoms with Gasteiger partial charge < -0.3 is 10.4 Å². The number of aliphatic hydroxyl groups excluding tert-OH is 1. The Morgan fingerprint density at radius 2 is 1.50 bits per heavy atom. The third-order valence-electron chi connectivity index (χ3n) is 3.16. The number of carbonyl (C=O) groups is 1. The molecule has 108 valence electrons. The summed E-state index contributed by atoms with van der Waals surface area (Å²) in [4.78, 5) is 11.4. The van der Waals surface area contributed by atoms with Crippen molar-refractivity contribution < 1.29 is 9.90 Å². The molecule has 0 bridgehead atoms. The monoisotopic (exact) mass is 257 g/mol. The fourth-order valence-electron chi connectivity index (χ4n) is 1.97. The summed E-state index contributed by atoms with van der Waals surface area (Å²) in [5, 5.41) is 11.6. The summed E-state index contributed by atoms with van der Waals surface area (Å²) in [5.41, 5.74) is 0. The first-order valence-corrected chi connectivity index (χ1v) is 7.68. The van der Waals surface area contributed by atoms with E-state index in [-0.39, 0.29) is 5.91 Å². The summed E-state index contributed by atoms with van der Waals surface area (Å²) in [6.45, 7) is 3.33. The Kier molecular flexibility index (Phi) is 14.0. The molecule has 3 nitrogen and oxygen atoms in total. The summed E-state index contributed by atoms with van der Waals surface area (Å²) >= 11 is 0. The molecule has 0 unspecified atom stereocenters. The zero-order valence-electron chi connectivity index (χ0n) is 12.0. The maximum Gasteiger partial charge on any atom is 0.219 e. The average Bonchev–Trinajstić information content (AvgIpc) is 2.38. The predicted molar refractivity (Wildman–Crippen MR) is 76.6 cm³/mol. The van der Waals surface area contributed by atoms with Gasteiger partial charge in [0.25, 0.3) is 0 Å². The molecule has 0 aliphatic heterocycles.